The molecule has 0 amide bonds. The molecular formula is C14H24N2OS. The van der Waals surface area contributed by atoms with E-state index in [1.807, 2.05) is 37.0 Å². The highest BCUT2D eigenvalue weighted by Gasteiger charge is 2.06. The van der Waals surface area contributed by atoms with E-state index in [4.69, 9.17) is 0 Å². The lowest BCUT2D eigenvalue weighted by Crippen LogP contribution is -2.25. The topological polar surface area (TPSA) is 36.4 Å². The monoisotopic (exact) mass is 268 g/mol. The minimum Gasteiger partial charge on any atom is -0.387 e. The maximum atomic E-state index is 9.66. The van der Waals surface area contributed by atoms with Gasteiger partial charge in [-0.15, -0.1) is 11.8 Å². The second kappa shape index (κ2) is 8.51. The van der Waals surface area contributed by atoms with Crippen LogP contribution in [0.4, 0.5) is 0 Å². The van der Waals surface area contributed by atoms with Crippen LogP contribution in [-0.2, 0) is 0 Å². The van der Waals surface area contributed by atoms with Crippen molar-refractivity contribution in [3.63, 3.8) is 0 Å². The standard InChI is InChI=1S/C14H24N2OS/c1-4-14(17)13-8-7-12(11-15-13)18-10-9-16(5-2)6-3/h7-8,11,14,17H,4-6,9-10H2,1-3H3/t14-/m0/s1. The normalized spacial score (nSPS) is 12.9. The molecule has 1 aromatic heterocycles. The second-order valence-electron chi connectivity index (χ2n) is 4.22. The van der Waals surface area contributed by atoms with Crippen molar-refractivity contribution in [2.45, 2.75) is 38.2 Å². The van der Waals surface area contributed by atoms with Crippen LogP contribution in [0, 0.1) is 0 Å². The van der Waals surface area contributed by atoms with Gasteiger partial charge in [0.05, 0.1) is 11.8 Å². The molecule has 0 saturated heterocycles. The fraction of sp³-hybridized carbons (Fsp3) is 0.643. The van der Waals surface area contributed by atoms with Crippen molar-refractivity contribution >= 4 is 11.8 Å². The molecule has 18 heavy (non-hydrogen) atoms. The summed E-state index contributed by atoms with van der Waals surface area (Å²) >= 11 is 1.82. The van der Waals surface area contributed by atoms with Crippen molar-refractivity contribution in [3.8, 4) is 0 Å². The van der Waals surface area contributed by atoms with Crippen LogP contribution < -0.4 is 0 Å². The fourth-order valence-corrected chi connectivity index (χ4v) is 2.59. The molecule has 1 rings (SSSR count). The van der Waals surface area contributed by atoms with E-state index in [1.54, 1.807) is 0 Å². The first-order chi connectivity index (χ1) is 8.71. The third-order valence-corrected chi connectivity index (χ3v) is 4.02. The lowest BCUT2D eigenvalue weighted by Gasteiger charge is -2.17. The summed E-state index contributed by atoms with van der Waals surface area (Å²) in [5.74, 6) is 1.08. The van der Waals surface area contributed by atoms with E-state index < -0.39 is 6.10 Å². The maximum absolute atomic E-state index is 9.66. The highest BCUT2D eigenvalue weighted by Crippen LogP contribution is 2.20. The maximum Gasteiger partial charge on any atom is 0.0957 e. The molecule has 1 aromatic rings. The number of thioether (sulfide) groups is 1. The third kappa shape index (κ3) is 4.96. The Morgan fingerprint density at radius 1 is 1.28 bits per heavy atom. The molecule has 0 saturated carbocycles. The molecule has 1 N–H and O–H groups in total. The van der Waals surface area contributed by atoms with Crippen molar-refractivity contribution in [1.82, 2.24) is 9.88 Å². The molecule has 0 spiro atoms. The lowest BCUT2D eigenvalue weighted by molar-refractivity contribution is 0.169. The Bertz CT molecular complexity index is 325. The van der Waals surface area contributed by atoms with Crippen molar-refractivity contribution in [2.75, 3.05) is 25.4 Å². The van der Waals surface area contributed by atoms with Crippen molar-refractivity contribution < 1.29 is 5.11 Å². The highest BCUT2D eigenvalue weighted by atomic mass is 32.2. The van der Waals surface area contributed by atoms with Gasteiger partial charge in [0.15, 0.2) is 0 Å². The minimum absolute atomic E-state index is 0.431. The molecule has 102 valence electrons. The summed E-state index contributed by atoms with van der Waals surface area (Å²) in [6.45, 7) is 9.66. The van der Waals surface area contributed by atoms with Gasteiger partial charge in [-0.3, -0.25) is 4.98 Å². The van der Waals surface area contributed by atoms with E-state index in [0.29, 0.717) is 6.42 Å². The van der Waals surface area contributed by atoms with Crippen LogP contribution in [0.25, 0.3) is 0 Å². The molecule has 0 fully saturated rings. The van der Waals surface area contributed by atoms with Gasteiger partial charge in [-0.1, -0.05) is 20.8 Å². The number of nitrogens with zero attached hydrogens (tertiary/aromatic N) is 2. The zero-order valence-electron chi connectivity index (χ0n) is 11.6. The molecule has 0 radical (unpaired) electrons. The van der Waals surface area contributed by atoms with Gasteiger partial charge in [-0.05, 0) is 31.6 Å². The molecule has 3 nitrogen and oxygen atoms in total. The van der Waals surface area contributed by atoms with Gasteiger partial charge in [-0.2, -0.15) is 0 Å². The van der Waals surface area contributed by atoms with Crippen LogP contribution in [-0.4, -0.2) is 40.4 Å². The SMILES string of the molecule is CC[C@H](O)c1ccc(SCCN(CC)CC)cn1. The second-order valence-corrected chi connectivity index (χ2v) is 5.39. The smallest absolute Gasteiger partial charge is 0.0957 e. The molecular weight excluding hydrogens is 244 g/mol. The predicted molar refractivity (Wildman–Crippen MR) is 78.0 cm³/mol. The van der Waals surface area contributed by atoms with Crippen LogP contribution in [0.1, 0.15) is 39.0 Å². The summed E-state index contributed by atoms with van der Waals surface area (Å²) in [5.41, 5.74) is 0.769. The number of rotatable bonds is 8. The molecule has 0 aromatic carbocycles. The summed E-state index contributed by atoms with van der Waals surface area (Å²) < 4.78 is 0. The number of aliphatic hydroxyl groups excluding tert-OH is 1. The number of hydrogen-bond donors (Lipinski definition) is 1. The third-order valence-electron chi connectivity index (χ3n) is 3.06. The molecule has 1 atom stereocenters. The zero-order valence-corrected chi connectivity index (χ0v) is 12.4. The van der Waals surface area contributed by atoms with Crippen LogP contribution in [0.15, 0.2) is 23.2 Å². The largest absolute Gasteiger partial charge is 0.387 e. The molecule has 1 heterocycles. The minimum atomic E-state index is -0.431. The Balaban J connectivity index is 2.39. The summed E-state index contributed by atoms with van der Waals surface area (Å²) in [7, 11) is 0. The van der Waals surface area contributed by atoms with Gasteiger partial charge < -0.3 is 10.0 Å². The van der Waals surface area contributed by atoms with E-state index in [2.05, 4.69) is 23.7 Å². The number of aliphatic hydroxyl groups is 1. The van der Waals surface area contributed by atoms with Gasteiger partial charge in [0.1, 0.15) is 0 Å². The molecule has 0 aliphatic heterocycles. The van der Waals surface area contributed by atoms with E-state index >= 15 is 0 Å². The first kappa shape index (κ1) is 15.5. The Morgan fingerprint density at radius 3 is 2.50 bits per heavy atom. The van der Waals surface area contributed by atoms with E-state index in [9.17, 15) is 5.11 Å². The zero-order chi connectivity index (χ0) is 13.4. The van der Waals surface area contributed by atoms with Crippen LogP contribution in [0.3, 0.4) is 0 Å². The summed E-state index contributed by atoms with van der Waals surface area (Å²) in [5, 5.41) is 9.66. The average molecular weight is 268 g/mol. The fourth-order valence-electron chi connectivity index (χ4n) is 1.72. The predicted octanol–water partition coefficient (Wildman–Crippen LogP) is 2.96. The average Bonchev–Trinajstić information content (AvgIpc) is 2.43. The Hall–Kier alpha value is -0.580. The molecule has 0 aliphatic carbocycles. The van der Waals surface area contributed by atoms with Gasteiger partial charge in [0.25, 0.3) is 0 Å². The van der Waals surface area contributed by atoms with Gasteiger partial charge in [-0.25, -0.2) is 0 Å². The molecule has 0 aliphatic rings. The first-order valence-electron chi connectivity index (χ1n) is 6.70. The van der Waals surface area contributed by atoms with Crippen molar-refractivity contribution in [1.29, 1.82) is 0 Å². The van der Waals surface area contributed by atoms with Crippen LogP contribution >= 0.6 is 11.8 Å². The molecule has 0 unspecified atom stereocenters. The van der Waals surface area contributed by atoms with E-state index in [0.717, 1.165) is 31.1 Å². The number of hydrogen-bond acceptors (Lipinski definition) is 4. The van der Waals surface area contributed by atoms with Gasteiger partial charge >= 0.3 is 0 Å². The summed E-state index contributed by atoms with van der Waals surface area (Å²) in [4.78, 5) is 7.89. The lowest BCUT2D eigenvalue weighted by atomic mass is 10.2. The van der Waals surface area contributed by atoms with E-state index in [-0.39, 0.29) is 0 Å². The molecule has 4 heteroatoms. The number of aromatic nitrogens is 1. The summed E-state index contributed by atoms with van der Waals surface area (Å²) in [6.07, 6.45) is 2.14. The van der Waals surface area contributed by atoms with Gasteiger partial charge in [0.2, 0.25) is 0 Å². The quantitative estimate of drug-likeness (QED) is 0.735. The molecule has 0 bridgehead atoms. The van der Waals surface area contributed by atoms with Crippen molar-refractivity contribution in [2.24, 2.45) is 0 Å². The Labute approximate surface area is 115 Å². The first-order valence-corrected chi connectivity index (χ1v) is 7.68. The highest BCUT2D eigenvalue weighted by molar-refractivity contribution is 7.99. The summed E-state index contributed by atoms with van der Waals surface area (Å²) in [6, 6.07) is 3.97. The van der Waals surface area contributed by atoms with E-state index in [1.165, 1.54) is 4.90 Å². The Kier molecular flexibility index (Phi) is 7.32. The number of pyridine rings is 1. The Morgan fingerprint density at radius 2 is 2.00 bits per heavy atom. The van der Waals surface area contributed by atoms with Crippen LogP contribution in [0.5, 0.6) is 0 Å². The van der Waals surface area contributed by atoms with Crippen molar-refractivity contribution in [3.05, 3.63) is 24.0 Å². The van der Waals surface area contributed by atoms with Crippen LogP contribution in [0.2, 0.25) is 0 Å². The van der Waals surface area contributed by atoms with Gasteiger partial charge in [0, 0.05) is 23.4 Å².